The number of carbonyl (C=O) groups excluding carboxylic acids is 2. The minimum Gasteiger partial charge on any atom is -0.496 e. The standard InChI is InChI=1S/C25H23NO7/c1-29-17-12-22(31-3)24-18(27)14-20(32-23(24)13-17)15-9-10-19(30-2)21(11-15)33-25(28)26-16-7-5-4-6-8-16/h4-13,20H,14H2,1-3H3,(H,26,28). The molecular weight excluding hydrogens is 426 g/mol. The van der Waals surface area contributed by atoms with E-state index >= 15 is 0 Å². The van der Waals surface area contributed by atoms with Crippen LogP contribution in [0.5, 0.6) is 28.7 Å². The Labute approximate surface area is 191 Å². The zero-order valence-corrected chi connectivity index (χ0v) is 18.4. The third-order valence-electron chi connectivity index (χ3n) is 5.20. The van der Waals surface area contributed by atoms with Crippen LogP contribution in [0.15, 0.2) is 60.7 Å². The highest BCUT2D eigenvalue weighted by Crippen LogP contribution is 2.43. The Morgan fingerprint density at radius 2 is 1.67 bits per heavy atom. The van der Waals surface area contributed by atoms with Crippen LogP contribution in [-0.2, 0) is 0 Å². The van der Waals surface area contributed by atoms with Crippen LogP contribution in [-0.4, -0.2) is 33.2 Å². The number of anilines is 1. The normalized spacial score (nSPS) is 14.5. The van der Waals surface area contributed by atoms with Gasteiger partial charge < -0.3 is 23.7 Å². The van der Waals surface area contributed by atoms with Crippen molar-refractivity contribution in [3.8, 4) is 28.7 Å². The maximum Gasteiger partial charge on any atom is 0.417 e. The molecule has 0 aromatic heterocycles. The molecule has 1 unspecified atom stereocenters. The van der Waals surface area contributed by atoms with E-state index in [1.165, 1.54) is 21.3 Å². The Balaban J connectivity index is 1.60. The van der Waals surface area contributed by atoms with Crippen molar-refractivity contribution in [2.75, 3.05) is 26.6 Å². The van der Waals surface area contributed by atoms with Crippen molar-refractivity contribution in [1.29, 1.82) is 0 Å². The molecule has 1 aliphatic rings. The van der Waals surface area contributed by atoms with E-state index in [1.807, 2.05) is 6.07 Å². The van der Waals surface area contributed by atoms with Gasteiger partial charge >= 0.3 is 6.09 Å². The first-order chi connectivity index (χ1) is 16.0. The maximum absolute atomic E-state index is 12.9. The second-order valence-electron chi connectivity index (χ2n) is 7.23. The van der Waals surface area contributed by atoms with Crippen molar-refractivity contribution >= 4 is 17.6 Å². The number of para-hydroxylation sites is 1. The lowest BCUT2D eigenvalue weighted by Gasteiger charge is -2.27. The second kappa shape index (κ2) is 9.52. The molecule has 0 bridgehead atoms. The monoisotopic (exact) mass is 449 g/mol. The summed E-state index contributed by atoms with van der Waals surface area (Å²) >= 11 is 0. The van der Waals surface area contributed by atoms with E-state index in [1.54, 1.807) is 54.6 Å². The third-order valence-corrected chi connectivity index (χ3v) is 5.20. The SMILES string of the molecule is COc1cc(OC)c2c(c1)OC(c1ccc(OC)c(OC(=O)Nc3ccccc3)c1)CC2=O. The summed E-state index contributed by atoms with van der Waals surface area (Å²) in [7, 11) is 4.49. The van der Waals surface area contributed by atoms with Crippen LogP contribution >= 0.6 is 0 Å². The molecule has 3 aromatic rings. The third kappa shape index (κ3) is 4.69. The molecular formula is C25H23NO7. The molecule has 8 nitrogen and oxygen atoms in total. The highest BCUT2D eigenvalue weighted by molar-refractivity contribution is 6.03. The van der Waals surface area contributed by atoms with Crippen LogP contribution < -0.4 is 29.0 Å². The van der Waals surface area contributed by atoms with Crippen molar-refractivity contribution in [1.82, 2.24) is 0 Å². The largest absolute Gasteiger partial charge is 0.496 e. The number of nitrogens with one attached hydrogen (secondary N) is 1. The average molecular weight is 449 g/mol. The lowest BCUT2D eigenvalue weighted by Crippen LogP contribution is -2.21. The number of ketones is 1. The summed E-state index contributed by atoms with van der Waals surface area (Å²) in [4.78, 5) is 25.3. The number of fused-ring (bicyclic) bond motifs is 1. The van der Waals surface area contributed by atoms with Crippen LogP contribution in [0.2, 0.25) is 0 Å². The summed E-state index contributed by atoms with van der Waals surface area (Å²) in [6, 6.07) is 17.3. The van der Waals surface area contributed by atoms with Crippen molar-refractivity contribution < 1.29 is 33.3 Å². The molecule has 1 N–H and O–H groups in total. The molecule has 0 radical (unpaired) electrons. The van der Waals surface area contributed by atoms with Gasteiger partial charge in [0.1, 0.15) is 28.9 Å². The number of amides is 1. The smallest absolute Gasteiger partial charge is 0.417 e. The lowest BCUT2D eigenvalue weighted by atomic mass is 9.95. The summed E-state index contributed by atoms with van der Waals surface area (Å²) in [5, 5.41) is 2.66. The van der Waals surface area contributed by atoms with Gasteiger partial charge in [0.2, 0.25) is 0 Å². The zero-order valence-electron chi connectivity index (χ0n) is 18.4. The van der Waals surface area contributed by atoms with Gasteiger partial charge in [0, 0.05) is 17.8 Å². The Morgan fingerprint density at radius 1 is 0.909 bits per heavy atom. The fourth-order valence-corrected chi connectivity index (χ4v) is 3.60. The first-order valence-corrected chi connectivity index (χ1v) is 10.2. The highest BCUT2D eigenvalue weighted by atomic mass is 16.6. The van der Waals surface area contributed by atoms with Crippen LogP contribution in [0.25, 0.3) is 0 Å². The molecule has 3 aromatic carbocycles. The molecule has 0 aliphatic carbocycles. The van der Waals surface area contributed by atoms with E-state index in [0.29, 0.717) is 39.8 Å². The van der Waals surface area contributed by atoms with Gasteiger partial charge in [0.15, 0.2) is 17.3 Å². The molecule has 33 heavy (non-hydrogen) atoms. The summed E-state index contributed by atoms with van der Waals surface area (Å²) in [6.45, 7) is 0. The first kappa shape index (κ1) is 22.0. The second-order valence-corrected chi connectivity index (χ2v) is 7.23. The van der Waals surface area contributed by atoms with Gasteiger partial charge in [-0.25, -0.2) is 4.79 Å². The Morgan fingerprint density at radius 3 is 2.36 bits per heavy atom. The van der Waals surface area contributed by atoms with Crippen LogP contribution in [0.3, 0.4) is 0 Å². The molecule has 0 saturated carbocycles. The van der Waals surface area contributed by atoms with Gasteiger partial charge in [-0.1, -0.05) is 24.3 Å². The summed E-state index contributed by atoms with van der Waals surface area (Å²) in [6.07, 6.45) is -1.16. The summed E-state index contributed by atoms with van der Waals surface area (Å²) < 4.78 is 27.6. The molecule has 1 aliphatic heterocycles. The fourth-order valence-electron chi connectivity index (χ4n) is 3.60. The topological polar surface area (TPSA) is 92.3 Å². The number of ether oxygens (including phenoxy) is 5. The maximum atomic E-state index is 12.9. The van der Waals surface area contributed by atoms with E-state index < -0.39 is 12.2 Å². The number of methoxy groups -OCH3 is 3. The molecule has 4 rings (SSSR count). The lowest BCUT2D eigenvalue weighted by molar-refractivity contribution is 0.0843. The van der Waals surface area contributed by atoms with Crippen LogP contribution in [0.4, 0.5) is 10.5 Å². The van der Waals surface area contributed by atoms with E-state index in [0.717, 1.165) is 0 Å². The highest BCUT2D eigenvalue weighted by Gasteiger charge is 2.32. The van der Waals surface area contributed by atoms with Gasteiger partial charge in [-0.05, 0) is 29.8 Å². The number of benzene rings is 3. The number of hydrogen-bond donors (Lipinski definition) is 1. The Bertz CT molecular complexity index is 1180. The molecule has 8 heteroatoms. The Kier molecular flexibility index (Phi) is 6.35. The predicted molar refractivity (Wildman–Crippen MR) is 121 cm³/mol. The summed E-state index contributed by atoms with van der Waals surface area (Å²) in [5.74, 6) is 1.72. The van der Waals surface area contributed by atoms with E-state index in [2.05, 4.69) is 5.32 Å². The van der Waals surface area contributed by atoms with E-state index in [-0.39, 0.29) is 18.0 Å². The fraction of sp³-hybridized carbons (Fsp3) is 0.200. The van der Waals surface area contributed by atoms with Crippen molar-refractivity contribution in [2.45, 2.75) is 12.5 Å². The van der Waals surface area contributed by atoms with Crippen molar-refractivity contribution in [3.63, 3.8) is 0 Å². The zero-order chi connectivity index (χ0) is 23.4. The van der Waals surface area contributed by atoms with E-state index in [9.17, 15) is 9.59 Å². The van der Waals surface area contributed by atoms with Crippen molar-refractivity contribution in [2.24, 2.45) is 0 Å². The minimum atomic E-state index is -0.669. The average Bonchev–Trinajstić information content (AvgIpc) is 2.83. The van der Waals surface area contributed by atoms with Crippen molar-refractivity contribution in [3.05, 3.63) is 71.8 Å². The number of hydrogen-bond acceptors (Lipinski definition) is 7. The van der Waals surface area contributed by atoms with Crippen LogP contribution in [0, 0.1) is 0 Å². The molecule has 170 valence electrons. The summed E-state index contributed by atoms with van der Waals surface area (Å²) in [5.41, 5.74) is 1.62. The van der Waals surface area contributed by atoms with Gasteiger partial charge in [-0.2, -0.15) is 0 Å². The van der Waals surface area contributed by atoms with E-state index in [4.69, 9.17) is 23.7 Å². The molecule has 1 amide bonds. The first-order valence-electron chi connectivity index (χ1n) is 10.2. The minimum absolute atomic E-state index is 0.0949. The van der Waals surface area contributed by atoms with Gasteiger partial charge in [-0.3, -0.25) is 10.1 Å². The molecule has 0 fully saturated rings. The number of rotatable bonds is 6. The quantitative estimate of drug-likeness (QED) is 0.564. The Hall–Kier alpha value is -4.20. The number of Topliss-reactive ketones (excluding diaryl/α,β-unsaturated/α-hetero) is 1. The van der Waals surface area contributed by atoms with Gasteiger partial charge in [0.05, 0.1) is 27.8 Å². The van der Waals surface area contributed by atoms with Gasteiger partial charge in [0.25, 0.3) is 0 Å². The molecule has 0 saturated heterocycles. The molecule has 0 spiro atoms. The molecule has 1 atom stereocenters. The van der Waals surface area contributed by atoms with Crippen LogP contribution in [0.1, 0.15) is 28.4 Å². The predicted octanol–water partition coefficient (Wildman–Crippen LogP) is 5.03. The van der Waals surface area contributed by atoms with Gasteiger partial charge in [-0.15, -0.1) is 0 Å². The number of carbonyl (C=O) groups is 2. The molecule has 1 heterocycles.